The zero-order chi connectivity index (χ0) is 11.7. The molecule has 1 aliphatic heterocycles. The molecular formula is C12H14O4. The predicted octanol–water partition coefficient (Wildman–Crippen LogP) is 1.22. The number of rotatable bonds is 2. The number of methoxy groups -OCH3 is 1. The molecule has 4 nitrogen and oxygen atoms in total. The van der Waals surface area contributed by atoms with Crippen molar-refractivity contribution in [1.29, 1.82) is 0 Å². The lowest BCUT2D eigenvalue weighted by molar-refractivity contribution is -0.150. The number of aliphatic hydroxyl groups excluding tert-OH is 1. The molecule has 0 radical (unpaired) electrons. The van der Waals surface area contributed by atoms with E-state index in [0.717, 1.165) is 12.0 Å². The largest absolute Gasteiger partial charge is 0.490 e. The second-order valence-corrected chi connectivity index (χ2v) is 3.89. The van der Waals surface area contributed by atoms with E-state index in [1.165, 1.54) is 7.11 Å². The summed E-state index contributed by atoms with van der Waals surface area (Å²) in [5.41, 5.74) is 1.50. The van der Waals surface area contributed by atoms with E-state index >= 15 is 0 Å². The van der Waals surface area contributed by atoms with Crippen molar-refractivity contribution >= 4 is 5.97 Å². The van der Waals surface area contributed by atoms with Gasteiger partial charge in [-0.25, -0.2) is 4.79 Å². The number of esters is 1. The fourth-order valence-corrected chi connectivity index (χ4v) is 1.92. The van der Waals surface area contributed by atoms with Crippen LogP contribution in [-0.2, 0) is 16.0 Å². The molecule has 2 atom stereocenters. The molecule has 2 unspecified atom stereocenters. The first-order valence-corrected chi connectivity index (χ1v) is 5.18. The summed E-state index contributed by atoms with van der Waals surface area (Å²) in [6, 6.07) is 5.42. The molecule has 1 aromatic rings. The Hall–Kier alpha value is -1.55. The van der Waals surface area contributed by atoms with Crippen LogP contribution in [0.25, 0.3) is 0 Å². The SMILES string of the molecule is COC(=O)C(O)c1cccc2c1OC(C)C2. The summed E-state index contributed by atoms with van der Waals surface area (Å²) < 4.78 is 10.1. The summed E-state index contributed by atoms with van der Waals surface area (Å²) in [7, 11) is 1.25. The van der Waals surface area contributed by atoms with Gasteiger partial charge in [0.05, 0.1) is 7.11 Å². The number of para-hydroxylation sites is 1. The van der Waals surface area contributed by atoms with Gasteiger partial charge in [0.1, 0.15) is 11.9 Å². The molecule has 4 heteroatoms. The third kappa shape index (κ3) is 1.76. The van der Waals surface area contributed by atoms with Gasteiger partial charge in [-0.15, -0.1) is 0 Å². The van der Waals surface area contributed by atoms with Crippen LogP contribution in [-0.4, -0.2) is 24.3 Å². The standard InChI is InChI=1S/C12H14O4/c1-7-6-8-4-3-5-9(11(8)16-7)10(13)12(14)15-2/h3-5,7,10,13H,6H2,1-2H3. The monoisotopic (exact) mass is 222 g/mol. The van der Waals surface area contributed by atoms with Gasteiger partial charge in [-0.2, -0.15) is 0 Å². The molecule has 0 fully saturated rings. The molecule has 1 heterocycles. The van der Waals surface area contributed by atoms with Gasteiger partial charge in [0, 0.05) is 12.0 Å². The van der Waals surface area contributed by atoms with Crippen LogP contribution in [0.4, 0.5) is 0 Å². The summed E-state index contributed by atoms with van der Waals surface area (Å²) in [6.45, 7) is 1.95. The first-order chi connectivity index (χ1) is 7.63. The number of benzene rings is 1. The third-order valence-electron chi connectivity index (χ3n) is 2.67. The van der Waals surface area contributed by atoms with Crippen LogP contribution in [0.5, 0.6) is 5.75 Å². The second-order valence-electron chi connectivity index (χ2n) is 3.89. The first-order valence-electron chi connectivity index (χ1n) is 5.18. The Bertz CT molecular complexity index is 413. The highest BCUT2D eigenvalue weighted by molar-refractivity contribution is 5.77. The molecule has 0 saturated carbocycles. The Morgan fingerprint density at radius 3 is 3.06 bits per heavy atom. The fourth-order valence-electron chi connectivity index (χ4n) is 1.92. The molecule has 0 spiro atoms. The summed E-state index contributed by atoms with van der Waals surface area (Å²) in [6.07, 6.45) is -0.386. The van der Waals surface area contributed by atoms with E-state index in [2.05, 4.69) is 4.74 Å². The Morgan fingerprint density at radius 1 is 1.62 bits per heavy atom. The van der Waals surface area contributed by atoms with Gasteiger partial charge < -0.3 is 14.6 Å². The van der Waals surface area contributed by atoms with Crippen molar-refractivity contribution in [3.05, 3.63) is 29.3 Å². The molecule has 0 amide bonds. The molecule has 2 rings (SSSR count). The van der Waals surface area contributed by atoms with Crippen LogP contribution in [0.15, 0.2) is 18.2 Å². The Labute approximate surface area is 93.8 Å². The predicted molar refractivity (Wildman–Crippen MR) is 57.2 cm³/mol. The Morgan fingerprint density at radius 2 is 2.38 bits per heavy atom. The van der Waals surface area contributed by atoms with E-state index < -0.39 is 12.1 Å². The van der Waals surface area contributed by atoms with Crippen LogP contribution < -0.4 is 4.74 Å². The van der Waals surface area contributed by atoms with Crippen molar-refractivity contribution in [2.45, 2.75) is 25.6 Å². The highest BCUT2D eigenvalue weighted by atomic mass is 16.5. The van der Waals surface area contributed by atoms with Crippen molar-refractivity contribution in [1.82, 2.24) is 0 Å². The fraction of sp³-hybridized carbons (Fsp3) is 0.417. The van der Waals surface area contributed by atoms with Gasteiger partial charge >= 0.3 is 5.97 Å². The average Bonchev–Trinajstić information content (AvgIpc) is 2.66. The van der Waals surface area contributed by atoms with E-state index in [-0.39, 0.29) is 6.10 Å². The van der Waals surface area contributed by atoms with E-state index in [0.29, 0.717) is 11.3 Å². The lowest BCUT2D eigenvalue weighted by Crippen LogP contribution is -2.14. The minimum absolute atomic E-state index is 0.0843. The summed E-state index contributed by atoms with van der Waals surface area (Å²) in [5.74, 6) is -0.0514. The number of aliphatic hydroxyl groups is 1. The molecule has 0 bridgehead atoms. The van der Waals surface area contributed by atoms with Crippen LogP contribution in [0.2, 0.25) is 0 Å². The van der Waals surface area contributed by atoms with Gasteiger partial charge in [-0.05, 0) is 12.5 Å². The molecule has 0 aliphatic carbocycles. The van der Waals surface area contributed by atoms with Crippen LogP contribution >= 0.6 is 0 Å². The molecule has 1 aromatic carbocycles. The number of carbonyl (C=O) groups excluding carboxylic acids is 1. The number of fused-ring (bicyclic) bond motifs is 1. The quantitative estimate of drug-likeness (QED) is 0.764. The van der Waals surface area contributed by atoms with Crippen molar-refractivity contribution < 1.29 is 19.4 Å². The first kappa shape index (κ1) is 11.0. The van der Waals surface area contributed by atoms with Gasteiger partial charge in [0.25, 0.3) is 0 Å². The lowest BCUT2D eigenvalue weighted by Gasteiger charge is -2.13. The number of hydrogen-bond acceptors (Lipinski definition) is 4. The number of ether oxygens (including phenoxy) is 2. The highest BCUT2D eigenvalue weighted by Crippen LogP contribution is 2.35. The zero-order valence-electron chi connectivity index (χ0n) is 9.27. The van der Waals surface area contributed by atoms with Crippen LogP contribution in [0.1, 0.15) is 24.2 Å². The van der Waals surface area contributed by atoms with Gasteiger partial charge in [0.2, 0.25) is 0 Å². The minimum Gasteiger partial charge on any atom is -0.490 e. The third-order valence-corrected chi connectivity index (χ3v) is 2.67. The summed E-state index contributed by atoms with van der Waals surface area (Å²) >= 11 is 0. The van der Waals surface area contributed by atoms with E-state index in [9.17, 15) is 9.90 Å². The van der Waals surface area contributed by atoms with Gasteiger partial charge in [0.15, 0.2) is 6.10 Å². The van der Waals surface area contributed by atoms with Crippen molar-refractivity contribution in [2.75, 3.05) is 7.11 Å². The summed E-state index contributed by atoms with van der Waals surface area (Å²) in [4.78, 5) is 11.3. The highest BCUT2D eigenvalue weighted by Gasteiger charge is 2.28. The van der Waals surface area contributed by atoms with Crippen LogP contribution in [0.3, 0.4) is 0 Å². The summed E-state index contributed by atoms with van der Waals surface area (Å²) in [5, 5.41) is 9.78. The molecule has 16 heavy (non-hydrogen) atoms. The number of carbonyl (C=O) groups is 1. The molecule has 0 saturated heterocycles. The van der Waals surface area contributed by atoms with Crippen LogP contribution in [0, 0.1) is 0 Å². The maximum absolute atomic E-state index is 11.3. The Kier molecular flexibility index (Phi) is 2.83. The van der Waals surface area contributed by atoms with E-state index in [4.69, 9.17) is 4.74 Å². The van der Waals surface area contributed by atoms with Gasteiger partial charge in [-0.1, -0.05) is 18.2 Å². The molecule has 0 aromatic heterocycles. The lowest BCUT2D eigenvalue weighted by atomic mass is 10.0. The van der Waals surface area contributed by atoms with Crippen molar-refractivity contribution in [3.63, 3.8) is 0 Å². The van der Waals surface area contributed by atoms with Crippen molar-refractivity contribution in [2.24, 2.45) is 0 Å². The van der Waals surface area contributed by atoms with E-state index in [1.807, 2.05) is 19.1 Å². The topological polar surface area (TPSA) is 55.8 Å². The normalized spacial score (nSPS) is 19.8. The maximum Gasteiger partial charge on any atom is 0.339 e. The maximum atomic E-state index is 11.3. The Balaban J connectivity index is 2.36. The number of hydrogen-bond donors (Lipinski definition) is 1. The minimum atomic E-state index is -1.27. The molecule has 1 aliphatic rings. The average molecular weight is 222 g/mol. The van der Waals surface area contributed by atoms with E-state index in [1.54, 1.807) is 6.07 Å². The van der Waals surface area contributed by atoms with Crippen molar-refractivity contribution in [3.8, 4) is 5.75 Å². The molecular weight excluding hydrogens is 208 g/mol. The van der Waals surface area contributed by atoms with Gasteiger partial charge in [-0.3, -0.25) is 0 Å². The second kappa shape index (κ2) is 4.14. The smallest absolute Gasteiger partial charge is 0.339 e. The zero-order valence-corrected chi connectivity index (χ0v) is 9.27. The molecule has 86 valence electrons. The molecule has 1 N–H and O–H groups in total.